The van der Waals surface area contributed by atoms with E-state index in [1.165, 1.54) is 30.6 Å². The van der Waals surface area contributed by atoms with Gasteiger partial charge in [-0.25, -0.2) is 0 Å². The Kier molecular flexibility index (Phi) is 6.71. The third kappa shape index (κ3) is 5.29. The molecule has 0 aromatic heterocycles. The molecule has 0 saturated carbocycles. The van der Waals surface area contributed by atoms with Crippen molar-refractivity contribution in [2.75, 3.05) is 39.5 Å². The first-order chi connectivity index (χ1) is 10.6. The molecule has 1 aliphatic rings. The summed E-state index contributed by atoms with van der Waals surface area (Å²) < 4.78 is 11.6. The largest absolute Gasteiger partial charge is 0.491 e. The molecule has 0 radical (unpaired) electrons. The molecule has 1 aromatic carbocycles. The van der Waals surface area contributed by atoms with Gasteiger partial charge in [0.05, 0.1) is 26.3 Å². The minimum Gasteiger partial charge on any atom is -0.491 e. The summed E-state index contributed by atoms with van der Waals surface area (Å²) in [7, 11) is 0. The zero-order valence-corrected chi connectivity index (χ0v) is 14.7. The Balaban J connectivity index is 1.59. The van der Waals surface area contributed by atoms with E-state index in [-0.39, 0.29) is 0 Å². The van der Waals surface area contributed by atoms with Crippen LogP contribution in [0.5, 0.6) is 5.75 Å². The molecule has 3 heteroatoms. The molecular weight excluding hydrogens is 274 g/mol. The molecule has 2 atom stereocenters. The Morgan fingerprint density at radius 1 is 1.05 bits per heavy atom. The van der Waals surface area contributed by atoms with E-state index in [0.29, 0.717) is 13.2 Å². The lowest BCUT2D eigenvalue weighted by molar-refractivity contribution is -0.912. The molecule has 0 aliphatic carbocycles. The van der Waals surface area contributed by atoms with E-state index >= 15 is 0 Å². The first-order valence-corrected chi connectivity index (χ1v) is 8.66. The van der Waals surface area contributed by atoms with Crippen LogP contribution < -0.4 is 9.64 Å². The van der Waals surface area contributed by atoms with Crippen molar-refractivity contribution in [1.29, 1.82) is 0 Å². The molecule has 0 spiro atoms. The van der Waals surface area contributed by atoms with Gasteiger partial charge in [-0.15, -0.1) is 0 Å². The highest BCUT2D eigenvalue weighted by molar-refractivity contribution is 5.38. The van der Waals surface area contributed by atoms with Gasteiger partial charge in [-0.1, -0.05) is 26.0 Å². The predicted octanol–water partition coefficient (Wildman–Crippen LogP) is 2.26. The zero-order valence-electron chi connectivity index (χ0n) is 14.7. The van der Waals surface area contributed by atoms with Crippen molar-refractivity contribution in [3.63, 3.8) is 0 Å². The summed E-state index contributed by atoms with van der Waals surface area (Å²) in [6.45, 7) is 14.8. The molecule has 22 heavy (non-hydrogen) atoms. The minimum absolute atomic E-state index is 0.631. The van der Waals surface area contributed by atoms with Crippen LogP contribution in [0.2, 0.25) is 0 Å². The normalized spacial score (nSPS) is 25.2. The highest BCUT2D eigenvalue weighted by Crippen LogP contribution is 2.20. The second kappa shape index (κ2) is 8.54. The highest BCUT2D eigenvalue weighted by Gasteiger charge is 2.24. The van der Waals surface area contributed by atoms with E-state index in [1.54, 1.807) is 4.90 Å². The van der Waals surface area contributed by atoms with E-state index in [2.05, 4.69) is 33.8 Å². The first-order valence-electron chi connectivity index (χ1n) is 8.66. The molecule has 0 bridgehead atoms. The number of rotatable bonds is 7. The summed E-state index contributed by atoms with van der Waals surface area (Å²) in [6, 6.07) is 6.19. The number of likely N-dealkylation sites (tertiary alicyclic amines) is 1. The van der Waals surface area contributed by atoms with Crippen molar-refractivity contribution >= 4 is 0 Å². The SMILES string of the molecule is Cc1cccc(OCCOCC[NH+]2C[C@H](C)C[C@@H](C)C2)c1C. The molecular formula is C19H32NO2+. The van der Waals surface area contributed by atoms with Gasteiger partial charge in [0, 0.05) is 11.8 Å². The van der Waals surface area contributed by atoms with Crippen molar-refractivity contribution in [1.82, 2.24) is 0 Å². The van der Waals surface area contributed by atoms with Crippen molar-refractivity contribution in [2.24, 2.45) is 11.8 Å². The zero-order chi connectivity index (χ0) is 15.9. The second-order valence-corrected chi connectivity index (χ2v) is 7.01. The molecule has 0 unspecified atom stereocenters. The van der Waals surface area contributed by atoms with E-state index in [0.717, 1.165) is 30.7 Å². The van der Waals surface area contributed by atoms with Crippen molar-refractivity contribution in [2.45, 2.75) is 34.1 Å². The fourth-order valence-electron chi connectivity index (χ4n) is 3.54. The van der Waals surface area contributed by atoms with Gasteiger partial charge in [0.15, 0.2) is 0 Å². The Hall–Kier alpha value is -1.06. The van der Waals surface area contributed by atoms with Gasteiger partial charge in [0.25, 0.3) is 0 Å². The van der Waals surface area contributed by atoms with Crippen molar-refractivity contribution in [3.8, 4) is 5.75 Å². The average Bonchev–Trinajstić information content (AvgIpc) is 2.46. The van der Waals surface area contributed by atoms with Crippen LogP contribution in [0.3, 0.4) is 0 Å². The molecule has 1 saturated heterocycles. The van der Waals surface area contributed by atoms with Crippen LogP contribution >= 0.6 is 0 Å². The first kappa shape index (κ1) is 17.3. The topological polar surface area (TPSA) is 22.9 Å². The standard InChI is InChI=1S/C19H31NO2/c1-15-12-16(2)14-20(13-15)8-9-21-10-11-22-19-7-5-6-17(3)18(19)4/h5-7,15-16H,8-14H2,1-4H3/p+1/t15-,16-/m1/s1. The summed E-state index contributed by atoms with van der Waals surface area (Å²) in [5.74, 6) is 2.69. The Labute approximate surface area is 135 Å². The van der Waals surface area contributed by atoms with E-state index in [9.17, 15) is 0 Å². The molecule has 1 N–H and O–H groups in total. The molecule has 3 nitrogen and oxygen atoms in total. The van der Waals surface area contributed by atoms with E-state index in [1.807, 2.05) is 12.1 Å². The lowest BCUT2D eigenvalue weighted by atomic mass is 9.92. The number of quaternary nitrogens is 1. The average molecular weight is 306 g/mol. The molecule has 1 heterocycles. The van der Waals surface area contributed by atoms with Crippen LogP contribution in [0.1, 0.15) is 31.4 Å². The van der Waals surface area contributed by atoms with Crippen LogP contribution in [0.15, 0.2) is 18.2 Å². The Bertz CT molecular complexity index is 451. The third-order valence-electron chi connectivity index (χ3n) is 4.72. The number of benzene rings is 1. The fourth-order valence-corrected chi connectivity index (χ4v) is 3.54. The Morgan fingerprint density at radius 3 is 2.50 bits per heavy atom. The summed E-state index contributed by atoms with van der Waals surface area (Å²) in [6.07, 6.45) is 1.38. The fraction of sp³-hybridized carbons (Fsp3) is 0.684. The maximum absolute atomic E-state index is 5.81. The van der Waals surface area contributed by atoms with Crippen LogP contribution in [0.4, 0.5) is 0 Å². The monoisotopic (exact) mass is 306 g/mol. The minimum atomic E-state index is 0.631. The van der Waals surface area contributed by atoms with Crippen LogP contribution in [0.25, 0.3) is 0 Å². The summed E-state index contributed by atoms with van der Waals surface area (Å²) in [5, 5.41) is 0. The quantitative estimate of drug-likeness (QED) is 0.781. The van der Waals surface area contributed by atoms with E-state index < -0.39 is 0 Å². The molecule has 0 amide bonds. The summed E-state index contributed by atoms with van der Waals surface area (Å²) in [4.78, 5) is 1.70. The van der Waals surface area contributed by atoms with Gasteiger partial charge in [-0.3, -0.25) is 0 Å². The number of hydrogen-bond acceptors (Lipinski definition) is 2. The number of hydrogen-bond donors (Lipinski definition) is 1. The lowest BCUT2D eigenvalue weighted by Crippen LogP contribution is -3.14. The lowest BCUT2D eigenvalue weighted by Gasteiger charge is -2.31. The maximum atomic E-state index is 5.81. The molecule has 1 aromatic rings. The van der Waals surface area contributed by atoms with E-state index in [4.69, 9.17) is 9.47 Å². The second-order valence-electron chi connectivity index (χ2n) is 7.01. The molecule has 1 aliphatic heterocycles. The molecule has 1 fully saturated rings. The molecule has 124 valence electrons. The van der Waals surface area contributed by atoms with Gasteiger partial charge in [0.2, 0.25) is 0 Å². The number of ether oxygens (including phenoxy) is 2. The number of nitrogens with one attached hydrogen (secondary N) is 1. The smallest absolute Gasteiger partial charge is 0.122 e. The van der Waals surface area contributed by atoms with Crippen molar-refractivity contribution < 1.29 is 14.4 Å². The number of aryl methyl sites for hydroxylation is 1. The van der Waals surface area contributed by atoms with Gasteiger partial charge in [-0.05, 0) is 37.5 Å². The Morgan fingerprint density at radius 2 is 1.77 bits per heavy atom. The number of piperidine rings is 1. The van der Waals surface area contributed by atoms with Crippen LogP contribution in [0, 0.1) is 25.7 Å². The van der Waals surface area contributed by atoms with Crippen LogP contribution in [-0.4, -0.2) is 39.5 Å². The highest BCUT2D eigenvalue weighted by atomic mass is 16.5. The summed E-state index contributed by atoms with van der Waals surface area (Å²) in [5.41, 5.74) is 2.50. The van der Waals surface area contributed by atoms with Crippen LogP contribution in [-0.2, 0) is 4.74 Å². The van der Waals surface area contributed by atoms with Gasteiger partial charge < -0.3 is 14.4 Å². The van der Waals surface area contributed by atoms with Gasteiger partial charge >= 0.3 is 0 Å². The van der Waals surface area contributed by atoms with Gasteiger partial charge in [-0.2, -0.15) is 0 Å². The summed E-state index contributed by atoms with van der Waals surface area (Å²) >= 11 is 0. The third-order valence-corrected chi connectivity index (χ3v) is 4.72. The maximum Gasteiger partial charge on any atom is 0.122 e. The van der Waals surface area contributed by atoms with Crippen molar-refractivity contribution in [3.05, 3.63) is 29.3 Å². The van der Waals surface area contributed by atoms with Gasteiger partial charge in [0.1, 0.15) is 18.9 Å². The predicted molar refractivity (Wildman–Crippen MR) is 90.7 cm³/mol. The molecule has 2 rings (SSSR count).